The number of nitrogens with two attached hydrogens (primary N) is 1. The monoisotopic (exact) mass is 405 g/mol. The SMILES string of the molecule is N[C@@H](CC(=O)NC1(c2ccccn2)CCS(=O)(=O)CC1)Cc1ccccc1F. The van der Waals surface area contributed by atoms with Gasteiger partial charge in [0, 0.05) is 18.7 Å². The first-order chi connectivity index (χ1) is 13.3. The Balaban J connectivity index is 1.70. The largest absolute Gasteiger partial charge is 0.345 e. The number of nitrogens with zero attached hydrogens (tertiary/aromatic N) is 1. The van der Waals surface area contributed by atoms with Gasteiger partial charge in [0.25, 0.3) is 0 Å². The molecule has 0 aliphatic carbocycles. The molecule has 0 saturated carbocycles. The molecule has 1 aliphatic heterocycles. The van der Waals surface area contributed by atoms with Gasteiger partial charge < -0.3 is 11.1 Å². The summed E-state index contributed by atoms with van der Waals surface area (Å²) in [6.45, 7) is 0. The lowest BCUT2D eigenvalue weighted by Gasteiger charge is -2.37. The molecular weight excluding hydrogens is 381 g/mol. The van der Waals surface area contributed by atoms with E-state index in [-0.39, 0.29) is 48.9 Å². The van der Waals surface area contributed by atoms with Crippen molar-refractivity contribution in [1.82, 2.24) is 10.3 Å². The molecule has 3 N–H and O–H groups in total. The number of hydrogen-bond donors (Lipinski definition) is 2. The van der Waals surface area contributed by atoms with Crippen molar-refractivity contribution in [1.29, 1.82) is 0 Å². The van der Waals surface area contributed by atoms with E-state index in [2.05, 4.69) is 10.3 Å². The quantitative estimate of drug-likeness (QED) is 0.762. The van der Waals surface area contributed by atoms with Crippen molar-refractivity contribution in [2.24, 2.45) is 5.73 Å². The topological polar surface area (TPSA) is 102 Å². The van der Waals surface area contributed by atoms with E-state index in [0.717, 1.165) is 0 Å². The number of pyridine rings is 1. The van der Waals surface area contributed by atoms with Crippen molar-refractivity contribution in [3.05, 3.63) is 65.7 Å². The van der Waals surface area contributed by atoms with Crippen LogP contribution in [0.5, 0.6) is 0 Å². The Kier molecular flexibility index (Phi) is 6.10. The second kappa shape index (κ2) is 8.36. The van der Waals surface area contributed by atoms with Crippen molar-refractivity contribution in [2.45, 2.75) is 37.3 Å². The number of carbonyl (C=O) groups excluding carboxylic acids is 1. The fraction of sp³-hybridized carbons (Fsp3) is 0.400. The lowest BCUT2D eigenvalue weighted by atomic mass is 9.87. The molecule has 1 amide bonds. The Morgan fingerprint density at radius 3 is 2.50 bits per heavy atom. The van der Waals surface area contributed by atoms with Crippen LogP contribution in [0.3, 0.4) is 0 Å². The molecule has 2 heterocycles. The number of benzene rings is 1. The van der Waals surface area contributed by atoms with E-state index < -0.39 is 21.4 Å². The Bertz CT molecular complexity index is 921. The zero-order chi connectivity index (χ0) is 20.2. The summed E-state index contributed by atoms with van der Waals surface area (Å²) in [7, 11) is -3.11. The smallest absolute Gasteiger partial charge is 0.222 e. The molecule has 1 atom stereocenters. The number of halogens is 1. The minimum atomic E-state index is -3.11. The normalized spacial score (nSPS) is 18.9. The first-order valence-electron chi connectivity index (χ1n) is 9.22. The summed E-state index contributed by atoms with van der Waals surface area (Å²) in [5, 5.41) is 2.98. The summed E-state index contributed by atoms with van der Waals surface area (Å²) in [4.78, 5) is 17.0. The third-order valence-corrected chi connectivity index (χ3v) is 6.75. The standard InChI is InChI=1S/C20H24FN3O3S/c21-17-6-2-1-5-15(17)13-16(22)14-19(25)24-20(18-7-3-4-10-23-18)8-11-28(26,27)12-9-20/h1-7,10,16H,8-9,11-14,22H2,(H,24,25)/t16-/m1/s1. The van der Waals surface area contributed by atoms with Gasteiger partial charge in [0.05, 0.1) is 22.7 Å². The molecule has 0 unspecified atom stereocenters. The first-order valence-corrected chi connectivity index (χ1v) is 11.0. The predicted molar refractivity (Wildman–Crippen MR) is 105 cm³/mol. The molecule has 1 aliphatic rings. The van der Waals surface area contributed by atoms with Gasteiger partial charge in [0.1, 0.15) is 5.82 Å². The number of aromatic nitrogens is 1. The highest BCUT2D eigenvalue weighted by Gasteiger charge is 2.41. The molecule has 1 saturated heterocycles. The maximum Gasteiger partial charge on any atom is 0.222 e. The summed E-state index contributed by atoms with van der Waals surface area (Å²) in [5.41, 5.74) is 6.34. The van der Waals surface area contributed by atoms with Crippen LogP contribution in [0, 0.1) is 5.82 Å². The molecule has 8 heteroatoms. The van der Waals surface area contributed by atoms with Crippen molar-refractivity contribution in [3.63, 3.8) is 0 Å². The Hall–Kier alpha value is -2.32. The van der Waals surface area contributed by atoms with E-state index in [1.807, 2.05) is 6.07 Å². The molecule has 150 valence electrons. The van der Waals surface area contributed by atoms with Crippen LogP contribution in [0.15, 0.2) is 48.7 Å². The number of sulfone groups is 1. The summed E-state index contributed by atoms with van der Waals surface area (Å²) >= 11 is 0. The minimum absolute atomic E-state index is 0.00880. The molecule has 0 bridgehead atoms. The Morgan fingerprint density at radius 2 is 1.86 bits per heavy atom. The number of rotatable bonds is 6. The maximum absolute atomic E-state index is 13.8. The lowest BCUT2D eigenvalue weighted by Crippen LogP contribution is -2.52. The summed E-state index contributed by atoms with van der Waals surface area (Å²) in [6, 6.07) is 11.2. The van der Waals surface area contributed by atoms with Gasteiger partial charge in [0.2, 0.25) is 5.91 Å². The van der Waals surface area contributed by atoms with Crippen molar-refractivity contribution in [3.8, 4) is 0 Å². The molecule has 3 rings (SSSR count). The predicted octanol–water partition coefficient (Wildman–Crippen LogP) is 1.70. The molecule has 2 aromatic rings. The van der Waals surface area contributed by atoms with Crippen molar-refractivity contribution in [2.75, 3.05) is 11.5 Å². The lowest BCUT2D eigenvalue weighted by molar-refractivity contribution is -0.123. The van der Waals surface area contributed by atoms with E-state index in [9.17, 15) is 17.6 Å². The second-order valence-electron chi connectivity index (χ2n) is 7.26. The van der Waals surface area contributed by atoms with Crippen molar-refractivity contribution < 1.29 is 17.6 Å². The maximum atomic E-state index is 13.8. The van der Waals surface area contributed by atoms with Crippen LogP contribution in [0.25, 0.3) is 0 Å². The van der Waals surface area contributed by atoms with Gasteiger partial charge in [-0.3, -0.25) is 9.78 Å². The van der Waals surface area contributed by atoms with Crippen LogP contribution in [0.4, 0.5) is 4.39 Å². The number of hydrogen-bond acceptors (Lipinski definition) is 5. The minimum Gasteiger partial charge on any atom is -0.345 e. The fourth-order valence-electron chi connectivity index (χ4n) is 3.55. The highest BCUT2D eigenvalue weighted by Crippen LogP contribution is 2.33. The van der Waals surface area contributed by atoms with Crippen LogP contribution < -0.4 is 11.1 Å². The summed E-state index contributed by atoms with van der Waals surface area (Å²) in [5.74, 6) is -0.661. The van der Waals surface area contributed by atoms with Gasteiger partial charge in [-0.25, -0.2) is 12.8 Å². The van der Waals surface area contributed by atoms with Gasteiger partial charge in [-0.2, -0.15) is 0 Å². The van der Waals surface area contributed by atoms with E-state index >= 15 is 0 Å². The molecule has 1 fully saturated rings. The molecule has 0 radical (unpaired) electrons. The number of nitrogens with one attached hydrogen (secondary N) is 1. The number of carbonyl (C=O) groups is 1. The zero-order valence-corrected chi connectivity index (χ0v) is 16.3. The van der Waals surface area contributed by atoms with Crippen LogP contribution >= 0.6 is 0 Å². The van der Waals surface area contributed by atoms with Gasteiger partial charge in [-0.05, 0) is 43.0 Å². The van der Waals surface area contributed by atoms with Gasteiger partial charge in [-0.15, -0.1) is 0 Å². The number of amides is 1. The first kappa shape index (κ1) is 20.4. The fourth-order valence-corrected chi connectivity index (χ4v) is 5.08. The van der Waals surface area contributed by atoms with Gasteiger partial charge in [0.15, 0.2) is 9.84 Å². The van der Waals surface area contributed by atoms with Gasteiger partial charge in [-0.1, -0.05) is 24.3 Å². The molecule has 28 heavy (non-hydrogen) atoms. The highest BCUT2D eigenvalue weighted by atomic mass is 32.2. The van der Waals surface area contributed by atoms with E-state index in [1.54, 1.807) is 36.5 Å². The zero-order valence-electron chi connectivity index (χ0n) is 15.5. The molecular formula is C20H24FN3O3S. The van der Waals surface area contributed by atoms with Crippen LogP contribution in [-0.2, 0) is 26.6 Å². The average molecular weight is 405 g/mol. The second-order valence-corrected chi connectivity index (χ2v) is 9.56. The molecule has 6 nitrogen and oxygen atoms in total. The molecule has 0 spiro atoms. The molecule has 1 aromatic heterocycles. The van der Waals surface area contributed by atoms with Crippen LogP contribution in [0.1, 0.15) is 30.5 Å². The average Bonchev–Trinajstić information content (AvgIpc) is 2.66. The highest BCUT2D eigenvalue weighted by molar-refractivity contribution is 7.91. The Morgan fingerprint density at radius 1 is 1.18 bits per heavy atom. The third kappa shape index (κ3) is 4.94. The van der Waals surface area contributed by atoms with E-state index in [0.29, 0.717) is 11.3 Å². The van der Waals surface area contributed by atoms with Crippen LogP contribution in [0.2, 0.25) is 0 Å². The third-order valence-electron chi connectivity index (χ3n) is 5.10. The van der Waals surface area contributed by atoms with E-state index in [1.165, 1.54) is 6.07 Å². The van der Waals surface area contributed by atoms with Crippen LogP contribution in [-0.4, -0.2) is 36.9 Å². The van der Waals surface area contributed by atoms with Gasteiger partial charge >= 0.3 is 0 Å². The summed E-state index contributed by atoms with van der Waals surface area (Å²) in [6.07, 6.45) is 2.40. The Labute approximate surface area is 164 Å². The van der Waals surface area contributed by atoms with Crippen molar-refractivity contribution >= 4 is 15.7 Å². The molecule has 1 aromatic carbocycles. The van der Waals surface area contributed by atoms with E-state index in [4.69, 9.17) is 5.73 Å². The summed E-state index contributed by atoms with van der Waals surface area (Å²) < 4.78 is 37.6.